The first-order valence-corrected chi connectivity index (χ1v) is 9.32. The van der Waals surface area contributed by atoms with Crippen molar-refractivity contribution >= 4 is 32.9 Å². The summed E-state index contributed by atoms with van der Waals surface area (Å²) in [4.78, 5) is 28.7. The number of hydrogen-bond acceptors (Lipinski definition) is 6. The van der Waals surface area contributed by atoms with E-state index >= 15 is 0 Å². The molecule has 2 saturated heterocycles. The zero-order chi connectivity index (χ0) is 15.7. The number of aromatic nitrogens is 1. The van der Waals surface area contributed by atoms with Crippen LogP contribution in [0.2, 0.25) is 0 Å². The largest absolute Gasteiger partial charge is 0.289 e. The fraction of sp³-hybridized carbons (Fsp3) is 0.462. The lowest BCUT2D eigenvalue weighted by Crippen LogP contribution is -2.48. The summed E-state index contributed by atoms with van der Waals surface area (Å²) in [5, 5.41) is -0.224. The number of sulfonamides is 1. The van der Waals surface area contributed by atoms with Crippen LogP contribution in [0.3, 0.4) is 0 Å². The van der Waals surface area contributed by atoms with Crippen molar-refractivity contribution in [3.05, 3.63) is 24.5 Å². The molecule has 0 N–H and O–H groups in total. The predicted molar refractivity (Wildman–Crippen MR) is 80.7 cm³/mol. The van der Waals surface area contributed by atoms with Crippen molar-refractivity contribution in [2.75, 3.05) is 18.8 Å². The molecule has 1 aromatic heterocycles. The monoisotopic (exact) mass is 341 g/mol. The molecule has 2 fully saturated rings. The second-order valence-corrected chi connectivity index (χ2v) is 8.01. The normalized spacial score (nSPS) is 21.5. The van der Waals surface area contributed by atoms with E-state index in [0.29, 0.717) is 25.9 Å². The van der Waals surface area contributed by atoms with Crippen LogP contribution in [-0.4, -0.2) is 58.6 Å². The minimum absolute atomic E-state index is 0.164. The Morgan fingerprint density at radius 1 is 1.23 bits per heavy atom. The van der Waals surface area contributed by atoms with Crippen molar-refractivity contribution in [3.63, 3.8) is 0 Å². The standard InChI is InChI=1S/C13H15N3O4S2/c17-12-9-21-13(18)16(12)10-3-6-15(7-4-10)22(19,20)11-2-1-5-14-8-11/h1-2,5,8,10H,3-4,6-7,9H2. The summed E-state index contributed by atoms with van der Waals surface area (Å²) in [6.07, 6.45) is 3.79. The molecular formula is C13H15N3O4S2. The smallest absolute Gasteiger partial charge is 0.273 e. The molecule has 0 aliphatic carbocycles. The molecule has 3 heterocycles. The maximum atomic E-state index is 12.5. The van der Waals surface area contributed by atoms with Gasteiger partial charge in [-0.05, 0) is 25.0 Å². The van der Waals surface area contributed by atoms with E-state index in [0.717, 1.165) is 11.8 Å². The maximum Gasteiger partial charge on any atom is 0.289 e. The third kappa shape index (κ3) is 2.75. The molecule has 0 aromatic carbocycles. The summed E-state index contributed by atoms with van der Waals surface area (Å²) < 4.78 is 26.3. The van der Waals surface area contributed by atoms with Gasteiger partial charge in [-0.25, -0.2) is 8.42 Å². The number of amides is 2. The van der Waals surface area contributed by atoms with Gasteiger partial charge in [0.05, 0.1) is 5.75 Å². The van der Waals surface area contributed by atoms with Gasteiger partial charge in [0, 0.05) is 31.5 Å². The van der Waals surface area contributed by atoms with E-state index in [2.05, 4.69) is 4.98 Å². The van der Waals surface area contributed by atoms with Gasteiger partial charge in [-0.3, -0.25) is 19.5 Å². The zero-order valence-corrected chi connectivity index (χ0v) is 13.3. The molecule has 0 bridgehead atoms. The van der Waals surface area contributed by atoms with Crippen molar-refractivity contribution in [2.45, 2.75) is 23.8 Å². The van der Waals surface area contributed by atoms with Crippen LogP contribution in [0, 0.1) is 0 Å². The molecule has 118 valence electrons. The average molecular weight is 341 g/mol. The Hall–Kier alpha value is -1.45. The van der Waals surface area contributed by atoms with Gasteiger partial charge in [-0.15, -0.1) is 0 Å². The maximum absolute atomic E-state index is 12.5. The summed E-state index contributed by atoms with van der Waals surface area (Å²) in [7, 11) is -3.56. The number of piperidine rings is 1. The van der Waals surface area contributed by atoms with E-state index in [1.165, 1.54) is 27.7 Å². The highest BCUT2D eigenvalue weighted by Gasteiger charge is 2.39. The second-order valence-electron chi connectivity index (χ2n) is 5.14. The predicted octanol–water partition coefficient (Wildman–Crippen LogP) is 0.930. The lowest BCUT2D eigenvalue weighted by molar-refractivity contribution is -0.126. The Morgan fingerprint density at radius 2 is 1.95 bits per heavy atom. The number of pyridine rings is 1. The van der Waals surface area contributed by atoms with Crippen molar-refractivity contribution in [1.29, 1.82) is 0 Å². The molecule has 2 aliphatic heterocycles. The molecule has 2 aliphatic rings. The molecule has 7 nitrogen and oxygen atoms in total. The minimum Gasteiger partial charge on any atom is -0.273 e. The highest BCUT2D eigenvalue weighted by molar-refractivity contribution is 8.14. The van der Waals surface area contributed by atoms with Crippen LogP contribution in [0.5, 0.6) is 0 Å². The number of carbonyl (C=O) groups is 2. The first-order valence-electron chi connectivity index (χ1n) is 6.89. The molecule has 2 amide bonds. The van der Waals surface area contributed by atoms with Crippen LogP contribution < -0.4 is 0 Å². The molecule has 0 unspecified atom stereocenters. The highest BCUT2D eigenvalue weighted by Crippen LogP contribution is 2.28. The second kappa shape index (κ2) is 5.98. The Balaban J connectivity index is 1.70. The molecule has 1 aromatic rings. The molecule has 22 heavy (non-hydrogen) atoms. The van der Waals surface area contributed by atoms with Crippen LogP contribution in [0.25, 0.3) is 0 Å². The van der Waals surface area contributed by atoms with Gasteiger partial charge < -0.3 is 0 Å². The van der Waals surface area contributed by atoms with E-state index in [9.17, 15) is 18.0 Å². The first kappa shape index (κ1) is 15.4. The van der Waals surface area contributed by atoms with Crippen LogP contribution in [0.15, 0.2) is 29.4 Å². The Bertz CT molecular complexity index is 668. The van der Waals surface area contributed by atoms with Crippen LogP contribution >= 0.6 is 11.8 Å². The number of thioether (sulfide) groups is 1. The topological polar surface area (TPSA) is 87.7 Å². The SMILES string of the molecule is O=C1CSC(=O)N1C1CCN(S(=O)(=O)c2cccnc2)CC1. The van der Waals surface area contributed by atoms with Crippen molar-refractivity contribution < 1.29 is 18.0 Å². The van der Waals surface area contributed by atoms with Gasteiger partial charge >= 0.3 is 0 Å². The first-order chi connectivity index (χ1) is 10.5. The summed E-state index contributed by atoms with van der Waals surface area (Å²) in [6.45, 7) is 0.591. The van der Waals surface area contributed by atoms with Gasteiger partial charge in [0.25, 0.3) is 5.24 Å². The number of hydrogen-bond donors (Lipinski definition) is 0. The summed E-state index contributed by atoms with van der Waals surface area (Å²) in [6, 6.07) is 2.90. The summed E-state index contributed by atoms with van der Waals surface area (Å²) >= 11 is 1.01. The fourth-order valence-corrected chi connectivity index (χ4v) is 4.92. The Morgan fingerprint density at radius 3 is 2.50 bits per heavy atom. The van der Waals surface area contributed by atoms with E-state index < -0.39 is 10.0 Å². The lowest BCUT2D eigenvalue weighted by Gasteiger charge is -2.34. The Labute approximate surface area is 132 Å². The quantitative estimate of drug-likeness (QED) is 0.813. The van der Waals surface area contributed by atoms with Crippen molar-refractivity contribution in [2.24, 2.45) is 0 Å². The molecule has 0 saturated carbocycles. The molecule has 0 radical (unpaired) electrons. The molecular weight excluding hydrogens is 326 g/mol. The molecule has 9 heteroatoms. The third-order valence-corrected chi connectivity index (χ3v) is 6.56. The van der Waals surface area contributed by atoms with E-state index in [1.807, 2.05) is 0 Å². The minimum atomic E-state index is -3.56. The van der Waals surface area contributed by atoms with E-state index in [-0.39, 0.29) is 27.8 Å². The number of nitrogens with zero attached hydrogens (tertiary/aromatic N) is 3. The number of carbonyl (C=O) groups excluding carboxylic acids is 2. The van der Waals surface area contributed by atoms with Crippen molar-refractivity contribution in [3.8, 4) is 0 Å². The van der Waals surface area contributed by atoms with E-state index in [1.54, 1.807) is 6.07 Å². The summed E-state index contributed by atoms with van der Waals surface area (Å²) in [5.41, 5.74) is 0. The van der Waals surface area contributed by atoms with Gasteiger partial charge in [-0.1, -0.05) is 11.8 Å². The fourth-order valence-electron chi connectivity index (χ4n) is 2.71. The van der Waals surface area contributed by atoms with Crippen molar-refractivity contribution in [1.82, 2.24) is 14.2 Å². The van der Waals surface area contributed by atoms with Gasteiger partial charge in [0.15, 0.2) is 0 Å². The van der Waals surface area contributed by atoms with Crippen LogP contribution in [0.4, 0.5) is 4.79 Å². The van der Waals surface area contributed by atoms with Gasteiger partial charge in [0.1, 0.15) is 4.90 Å². The lowest BCUT2D eigenvalue weighted by atomic mass is 10.1. The van der Waals surface area contributed by atoms with Crippen LogP contribution in [-0.2, 0) is 14.8 Å². The highest BCUT2D eigenvalue weighted by atomic mass is 32.2. The molecule has 3 rings (SSSR count). The Kier molecular flexibility index (Phi) is 4.20. The van der Waals surface area contributed by atoms with E-state index in [4.69, 9.17) is 0 Å². The van der Waals surface area contributed by atoms with Crippen LogP contribution in [0.1, 0.15) is 12.8 Å². The van der Waals surface area contributed by atoms with Gasteiger partial charge in [0.2, 0.25) is 15.9 Å². The summed E-state index contributed by atoms with van der Waals surface area (Å²) in [5.74, 6) is 0.0103. The molecule has 0 spiro atoms. The number of rotatable bonds is 3. The number of imide groups is 1. The molecule has 0 atom stereocenters. The average Bonchev–Trinajstić information content (AvgIpc) is 2.87. The zero-order valence-electron chi connectivity index (χ0n) is 11.7. The van der Waals surface area contributed by atoms with Gasteiger partial charge in [-0.2, -0.15) is 4.31 Å². The third-order valence-electron chi connectivity index (χ3n) is 3.85.